The predicted octanol–water partition coefficient (Wildman–Crippen LogP) is 2.31. The summed E-state index contributed by atoms with van der Waals surface area (Å²) in [5.41, 5.74) is 0.561. The third kappa shape index (κ3) is 2.43. The zero-order valence-corrected chi connectivity index (χ0v) is 12.8. The first kappa shape index (κ1) is 14.1. The molecule has 3 aromatic rings. The normalized spacial score (nSPS) is 14.5. The van der Waals surface area contributed by atoms with Crippen molar-refractivity contribution >= 4 is 22.8 Å². The highest BCUT2D eigenvalue weighted by Gasteiger charge is 2.19. The fourth-order valence-corrected chi connectivity index (χ4v) is 2.73. The van der Waals surface area contributed by atoms with Gasteiger partial charge < -0.3 is 9.47 Å². The highest BCUT2D eigenvalue weighted by Crippen LogP contribution is 2.28. The number of halogens is 1. The van der Waals surface area contributed by atoms with Gasteiger partial charge in [-0.1, -0.05) is 11.6 Å². The molecule has 0 fully saturated rings. The Labute approximate surface area is 135 Å². The first-order valence-electron chi connectivity index (χ1n) is 7.26. The van der Waals surface area contributed by atoms with E-state index in [1.165, 1.54) is 4.57 Å². The molecule has 23 heavy (non-hydrogen) atoms. The van der Waals surface area contributed by atoms with Crippen molar-refractivity contribution in [3.63, 3.8) is 0 Å². The van der Waals surface area contributed by atoms with Crippen LogP contribution in [0.5, 0.6) is 11.6 Å². The van der Waals surface area contributed by atoms with Crippen molar-refractivity contribution in [2.45, 2.75) is 12.8 Å². The number of fused-ring (bicyclic) bond motifs is 3. The van der Waals surface area contributed by atoms with Crippen LogP contribution in [-0.2, 0) is 0 Å². The molecule has 0 aromatic carbocycles. The van der Waals surface area contributed by atoms with E-state index in [1.54, 1.807) is 24.4 Å². The maximum atomic E-state index is 12.4. The molecule has 0 saturated heterocycles. The summed E-state index contributed by atoms with van der Waals surface area (Å²) in [5.74, 6) is 1.29. The monoisotopic (exact) mass is 332 g/mol. The number of nitrogens with zero attached hydrogens (tertiary/aromatic N) is 3. The molecule has 0 amide bonds. The third-order valence-electron chi connectivity index (χ3n) is 3.60. The summed E-state index contributed by atoms with van der Waals surface area (Å²) in [7, 11) is 0. The molecule has 4 rings (SSSR count). The highest BCUT2D eigenvalue weighted by molar-refractivity contribution is 6.32. The van der Waals surface area contributed by atoms with Crippen LogP contribution < -0.4 is 15.2 Å². The molecule has 0 radical (unpaired) electrons. The Hall–Kier alpha value is -2.54. The molecule has 1 aliphatic heterocycles. The Kier molecular flexibility index (Phi) is 3.42. The van der Waals surface area contributed by atoms with Crippen molar-refractivity contribution in [2.75, 3.05) is 13.2 Å². The number of nitrogens with one attached hydrogen (secondary N) is 1. The summed E-state index contributed by atoms with van der Waals surface area (Å²) in [4.78, 5) is 23.7. The molecule has 118 valence electrons. The summed E-state index contributed by atoms with van der Waals surface area (Å²) in [6.07, 6.45) is 3.27. The van der Waals surface area contributed by atoms with E-state index in [9.17, 15) is 4.79 Å². The van der Waals surface area contributed by atoms with Crippen LogP contribution in [0.3, 0.4) is 0 Å². The molecule has 2 bridgehead atoms. The lowest BCUT2D eigenvalue weighted by molar-refractivity contribution is 0.261. The van der Waals surface area contributed by atoms with E-state index < -0.39 is 0 Å². The molecule has 0 atom stereocenters. The van der Waals surface area contributed by atoms with E-state index in [4.69, 9.17) is 21.1 Å². The number of hydrogen-bond donors (Lipinski definition) is 1. The fourth-order valence-electron chi connectivity index (χ4n) is 2.54. The summed E-state index contributed by atoms with van der Waals surface area (Å²) in [6.45, 7) is 1.05. The average Bonchev–Trinajstić information content (AvgIpc) is 2.87. The van der Waals surface area contributed by atoms with Crippen molar-refractivity contribution in [3.8, 4) is 17.4 Å². The number of H-pyrrole nitrogens is 1. The molecule has 0 spiro atoms. The molecule has 7 nitrogen and oxygen atoms in total. The van der Waals surface area contributed by atoms with Crippen molar-refractivity contribution in [2.24, 2.45) is 0 Å². The minimum absolute atomic E-state index is 0.291. The van der Waals surface area contributed by atoms with Crippen LogP contribution >= 0.6 is 11.6 Å². The van der Waals surface area contributed by atoms with E-state index in [-0.39, 0.29) is 5.69 Å². The molecule has 4 heterocycles. The van der Waals surface area contributed by atoms with Gasteiger partial charge in [0.05, 0.1) is 18.2 Å². The van der Waals surface area contributed by atoms with Gasteiger partial charge in [-0.25, -0.2) is 14.3 Å². The smallest absolute Gasteiger partial charge is 0.333 e. The van der Waals surface area contributed by atoms with Gasteiger partial charge in [-0.3, -0.25) is 4.98 Å². The van der Waals surface area contributed by atoms with Gasteiger partial charge in [0.2, 0.25) is 5.88 Å². The molecule has 1 aliphatic rings. The molecular formula is C15H13ClN4O3. The lowest BCUT2D eigenvalue weighted by Crippen LogP contribution is -2.17. The minimum atomic E-state index is -0.382. The molecule has 0 aliphatic carbocycles. The van der Waals surface area contributed by atoms with Crippen LogP contribution in [0.1, 0.15) is 12.8 Å². The average molecular weight is 333 g/mol. The Morgan fingerprint density at radius 2 is 2.00 bits per heavy atom. The Balaban J connectivity index is 2.05. The quantitative estimate of drug-likeness (QED) is 0.683. The van der Waals surface area contributed by atoms with Crippen molar-refractivity contribution in [3.05, 3.63) is 39.9 Å². The van der Waals surface area contributed by atoms with Crippen molar-refractivity contribution < 1.29 is 9.47 Å². The summed E-state index contributed by atoms with van der Waals surface area (Å²) in [5, 5.41) is 0.340. The number of aromatic amines is 1. The number of ether oxygens (including phenoxy) is 2. The van der Waals surface area contributed by atoms with Gasteiger partial charge in [-0.05, 0) is 18.9 Å². The van der Waals surface area contributed by atoms with Gasteiger partial charge in [0.1, 0.15) is 11.3 Å². The molecular weight excluding hydrogens is 320 g/mol. The molecule has 0 unspecified atom stereocenters. The van der Waals surface area contributed by atoms with Crippen LogP contribution in [0, 0.1) is 0 Å². The largest absolute Gasteiger partial charge is 0.491 e. The lowest BCUT2D eigenvalue weighted by atomic mass is 10.3. The van der Waals surface area contributed by atoms with Gasteiger partial charge in [-0.15, -0.1) is 0 Å². The maximum Gasteiger partial charge on any atom is 0.333 e. The number of pyridine rings is 2. The van der Waals surface area contributed by atoms with Crippen LogP contribution in [0.25, 0.3) is 17.0 Å². The number of aromatic nitrogens is 4. The second kappa shape index (κ2) is 5.58. The van der Waals surface area contributed by atoms with Gasteiger partial charge >= 0.3 is 5.69 Å². The lowest BCUT2D eigenvalue weighted by Gasteiger charge is -2.13. The van der Waals surface area contributed by atoms with Crippen LogP contribution in [0.2, 0.25) is 5.02 Å². The highest BCUT2D eigenvalue weighted by atomic mass is 35.5. The van der Waals surface area contributed by atoms with Crippen molar-refractivity contribution in [1.29, 1.82) is 0 Å². The Morgan fingerprint density at radius 1 is 1.17 bits per heavy atom. The molecule has 0 saturated carbocycles. The van der Waals surface area contributed by atoms with E-state index in [0.717, 1.165) is 12.8 Å². The summed E-state index contributed by atoms with van der Waals surface area (Å²) < 4.78 is 12.8. The number of imidazole rings is 1. The SMILES string of the molecule is O=c1[nH]c2nccc3c2n1-c1nc(ccc1Cl)OCCCCO3. The second-order valence-corrected chi connectivity index (χ2v) is 5.54. The predicted molar refractivity (Wildman–Crippen MR) is 84.7 cm³/mol. The Morgan fingerprint density at radius 3 is 2.87 bits per heavy atom. The first-order valence-corrected chi connectivity index (χ1v) is 7.64. The first-order chi connectivity index (χ1) is 11.2. The maximum absolute atomic E-state index is 12.4. The fraction of sp³-hybridized carbons (Fsp3) is 0.267. The van der Waals surface area contributed by atoms with Crippen LogP contribution in [0.4, 0.5) is 0 Å². The second-order valence-electron chi connectivity index (χ2n) is 5.13. The van der Waals surface area contributed by atoms with Crippen molar-refractivity contribution in [1.82, 2.24) is 19.5 Å². The third-order valence-corrected chi connectivity index (χ3v) is 3.89. The van der Waals surface area contributed by atoms with Crippen LogP contribution in [-0.4, -0.2) is 32.7 Å². The van der Waals surface area contributed by atoms with Gasteiger partial charge in [0, 0.05) is 18.3 Å². The molecule has 3 aromatic heterocycles. The van der Waals surface area contributed by atoms with E-state index in [0.29, 0.717) is 46.8 Å². The Bertz CT molecular complexity index is 934. The zero-order chi connectivity index (χ0) is 15.8. The van der Waals surface area contributed by atoms with Gasteiger partial charge in [0.15, 0.2) is 11.5 Å². The molecule has 8 heteroatoms. The summed E-state index contributed by atoms with van der Waals surface area (Å²) in [6, 6.07) is 5.08. The topological polar surface area (TPSA) is 82.0 Å². The van der Waals surface area contributed by atoms with Gasteiger partial charge in [-0.2, -0.15) is 4.98 Å². The van der Waals surface area contributed by atoms with E-state index >= 15 is 0 Å². The number of rotatable bonds is 0. The zero-order valence-electron chi connectivity index (χ0n) is 12.1. The van der Waals surface area contributed by atoms with Gasteiger partial charge in [0.25, 0.3) is 0 Å². The van der Waals surface area contributed by atoms with E-state index in [1.807, 2.05) is 0 Å². The van der Waals surface area contributed by atoms with E-state index in [2.05, 4.69) is 15.0 Å². The summed E-state index contributed by atoms with van der Waals surface area (Å²) >= 11 is 6.25. The molecule has 1 N–H and O–H groups in total. The van der Waals surface area contributed by atoms with Crippen LogP contribution in [0.15, 0.2) is 29.2 Å². The number of hydrogen-bond acceptors (Lipinski definition) is 5. The standard InChI is InChI=1S/C15H13ClN4O3/c16-9-3-4-11-18-14(9)20-12-10(22-7-1-2-8-23-11)5-6-17-13(12)19-15(20)21/h3-6H,1-2,7-8H2,(H,17,19,21). The minimum Gasteiger partial charge on any atom is -0.491 e.